The zero-order chi connectivity index (χ0) is 19.6. The highest BCUT2D eigenvalue weighted by atomic mass is 16.5. The van der Waals surface area contributed by atoms with Gasteiger partial charge in [0.05, 0.1) is 20.1 Å². The van der Waals surface area contributed by atoms with Crippen LogP contribution in [0.4, 0.5) is 0 Å². The Morgan fingerprint density at radius 2 is 1.86 bits per heavy atom. The van der Waals surface area contributed by atoms with Crippen LogP contribution in [-0.4, -0.2) is 68.8 Å². The number of piperidine rings is 1. The maximum absolute atomic E-state index is 12.8. The van der Waals surface area contributed by atoms with Crippen molar-refractivity contribution in [3.05, 3.63) is 29.8 Å². The number of hydrogen-bond acceptors (Lipinski definition) is 4. The van der Waals surface area contributed by atoms with Crippen LogP contribution < -0.4 is 4.74 Å². The van der Waals surface area contributed by atoms with Gasteiger partial charge in [0, 0.05) is 45.2 Å². The second-order valence-electron chi connectivity index (χ2n) is 8.93. The normalized spacial score (nSPS) is 25.1. The van der Waals surface area contributed by atoms with Gasteiger partial charge >= 0.3 is 0 Å². The molecule has 1 spiro atoms. The fraction of sp³-hybridized carbons (Fsp3) is 0.696. The van der Waals surface area contributed by atoms with Crippen LogP contribution in [0.5, 0.6) is 5.75 Å². The quantitative estimate of drug-likeness (QED) is 0.754. The number of nitrogens with zero attached hydrogens (tertiary/aromatic N) is 2. The molecule has 1 amide bonds. The van der Waals surface area contributed by atoms with E-state index >= 15 is 0 Å². The van der Waals surface area contributed by atoms with Crippen molar-refractivity contribution < 1.29 is 14.3 Å². The summed E-state index contributed by atoms with van der Waals surface area (Å²) in [6, 6.07) is 8.63. The number of benzene rings is 1. The molecule has 0 radical (unpaired) electrons. The van der Waals surface area contributed by atoms with Crippen molar-refractivity contribution in [2.75, 3.05) is 47.0 Å². The number of rotatable bonds is 6. The van der Waals surface area contributed by atoms with Gasteiger partial charge in [0.1, 0.15) is 5.75 Å². The smallest absolute Gasteiger partial charge is 0.226 e. The van der Waals surface area contributed by atoms with Crippen molar-refractivity contribution in [1.82, 2.24) is 9.80 Å². The average molecular weight is 387 g/mol. The topological polar surface area (TPSA) is 42.0 Å². The fourth-order valence-corrected chi connectivity index (χ4v) is 5.33. The van der Waals surface area contributed by atoms with Gasteiger partial charge in [-0.15, -0.1) is 0 Å². The van der Waals surface area contributed by atoms with Gasteiger partial charge in [-0.3, -0.25) is 9.69 Å². The molecule has 0 bridgehead atoms. The predicted octanol–water partition coefficient (Wildman–Crippen LogP) is 2.98. The van der Waals surface area contributed by atoms with E-state index in [4.69, 9.17) is 9.47 Å². The molecule has 28 heavy (non-hydrogen) atoms. The Bertz CT molecular complexity index is 663. The fourth-order valence-electron chi connectivity index (χ4n) is 5.33. The molecule has 1 aliphatic carbocycles. The summed E-state index contributed by atoms with van der Waals surface area (Å²) in [5.74, 6) is 1.69. The van der Waals surface area contributed by atoms with Crippen LogP contribution in [0.3, 0.4) is 0 Å². The van der Waals surface area contributed by atoms with E-state index in [1.807, 2.05) is 31.4 Å². The maximum atomic E-state index is 12.8. The monoisotopic (exact) mass is 386 g/mol. The molecule has 154 valence electrons. The van der Waals surface area contributed by atoms with E-state index in [1.165, 1.54) is 32.4 Å². The van der Waals surface area contributed by atoms with Crippen molar-refractivity contribution in [1.29, 1.82) is 0 Å². The van der Waals surface area contributed by atoms with Crippen molar-refractivity contribution in [3.8, 4) is 5.75 Å². The van der Waals surface area contributed by atoms with Crippen molar-refractivity contribution in [2.24, 2.45) is 11.3 Å². The van der Waals surface area contributed by atoms with Crippen molar-refractivity contribution >= 4 is 5.91 Å². The molecule has 2 aliphatic heterocycles. The lowest BCUT2D eigenvalue weighted by atomic mass is 9.71. The van der Waals surface area contributed by atoms with E-state index in [1.54, 1.807) is 7.11 Å². The molecule has 5 heteroatoms. The minimum Gasteiger partial charge on any atom is -0.497 e. The maximum Gasteiger partial charge on any atom is 0.226 e. The molecule has 2 saturated heterocycles. The van der Waals surface area contributed by atoms with Crippen molar-refractivity contribution in [3.63, 3.8) is 0 Å². The number of ether oxygens (including phenoxy) is 2. The van der Waals surface area contributed by atoms with Gasteiger partial charge in [0.25, 0.3) is 0 Å². The molecular weight excluding hydrogens is 352 g/mol. The molecule has 1 aromatic rings. The molecule has 1 unspecified atom stereocenters. The lowest BCUT2D eigenvalue weighted by Gasteiger charge is -2.43. The molecule has 1 saturated carbocycles. The summed E-state index contributed by atoms with van der Waals surface area (Å²) < 4.78 is 10.8. The number of carbonyl (C=O) groups excluding carboxylic acids is 1. The Hall–Kier alpha value is -1.59. The van der Waals surface area contributed by atoms with Crippen molar-refractivity contribution in [2.45, 2.75) is 44.6 Å². The molecule has 3 fully saturated rings. The molecule has 0 aromatic heterocycles. The number of likely N-dealkylation sites (tertiary alicyclic amines) is 2. The summed E-state index contributed by atoms with van der Waals surface area (Å²) in [4.78, 5) is 17.6. The predicted molar refractivity (Wildman–Crippen MR) is 110 cm³/mol. The molecule has 4 rings (SSSR count). The summed E-state index contributed by atoms with van der Waals surface area (Å²) in [6.45, 7) is 4.99. The molecule has 2 heterocycles. The Kier molecular flexibility index (Phi) is 5.93. The van der Waals surface area contributed by atoms with Crippen LogP contribution >= 0.6 is 0 Å². The molecule has 1 aromatic carbocycles. The summed E-state index contributed by atoms with van der Waals surface area (Å²) in [7, 11) is 3.49. The van der Waals surface area contributed by atoms with E-state index in [0.717, 1.165) is 49.9 Å². The first-order valence-electron chi connectivity index (χ1n) is 10.8. The third-order valence-electron chi connectivity index (χ3n) is 7.42. The zero-order valence-corrected chi connectivity index (χ0v) is 17.4. The van der Waals surface area contributed by atoms with Gasteiger partial charge in [0.15, 0.2) is 0 Å². The summed E-state index contributed by atoms with van der Waals surface area (Å²) in [5, 5.41) is 0. The highest BCUT2D eigenvalue weighted by Crippen LogP contribution is 2.47. The molecule has 5 nitrogen and oxygen atoms in total. The Balaban J connectivity index is 1.35. The number of hydrogen-bond donors (Lipinski definition) is 0. The second kappa shape index (κ2) is 8.42. The number of carbonyl (C=O) groups is 1. The third-order valence-corrected chi connectivity index (χ3v) is 7.42. The molecule has 0 N–H and O–H groups in total. The largest absolute Gasteiger partial charge is 0.497 e. The lowest BCUT2D eigenvalue weighted by Crippen LogP contribution is -2.48. The minimum atomic E-state index is 0.247. The lowest BCUT2D eigenvalue weighted by molar-refractivity contribution is -0.133. The number of amides is 1. The Morgan fingerprint density at radius 3 is 2.43 bits per heavy atom. The second-order valence-corrected chi connectivity index (χ2v) is 8.93. The zero-order valence-electron chi connectivity index (χ0n) is 17.4. The molecular formula is C23H34N2O3. The Morgan fingerprint density at radius 1 is 1.14 bits per heavy atom. The van der Waals surface area contributed by atoms with Crippen LogP contribution in [0.1, 0.15) is 37.7 Å². The van der Waals surface area contributed by atoms with E-state index in [9.17, 15) is 4.79 Å². The van der Waals surface area contributed by atoms with Crippen LogP contribution in [0.15, 0.2) is 24.3 Å². The van der Waals surface area contributed by atoms with Gasteiger partial charge in [-0.05, 0) is 48.8 Å². The van der Waals surface area contributed by atoms with Gasteiger partial charge in [0.2, 0.25) is 5.91 Å². The van der Waals surface area contributed by atoms with E-state index in [-0.39, 0.29) is 5.91 Å². The first-order chi connectivity index (χ1) is 13.6. The van der Waals surface area contributed by atoms with Crippen LogP contribution in [0.2, 0.25) is 0 Å². The summed E-state index contributed by atoms with van der Waals surface area (Å²) >= 11 is 0. The highest BCUT2D eigenvalue weighted by molar-refractivity contribution is 5.79. The first-order valence-corrected chi connectivity index (χ1v) is 10.8. The van der Waals surface area contributed by atoms with Gasteiger partial charge in [-0.1, -0.05) is 18.6 Å². The van der Waals surface area contributed by atoms with Crippen LogP contribution in [-0.2, 0) is 16.0 Å². The third kappa shape index (κ3) is 3.92. The molecule has 1 atom stereocenters. The molecule has 3 aliphatic rings. The highest BCUT2D eigenvalue weighted by Gasteiger charge is 2.50. The Labute approximate surface area is 169 Å². The first kappa shape index (κ1) is 19.7. The van der Waals surface area contributed by atoms with Gasteiger partial charge in [-0.2, -0.15) is 0 Å². The van der Waals surface area contributed by atoms with Gasteiger partial charge < -0.3 is 14.4 Å². The minimum absolute atomic E-state index is 0.247. The SMILES string of the molecule is COCC1CN(C2CCC2)CC12CCN(C(=O)Cc1ccc(OC)cc1)CC2. The summed E-state index contributed by atoms with van der Waals surface area (Å²) in [5.41, 5.74) is 1.39. The van der Waals surface area contributed by atoms with E-state index in [0.29, 0.717) is 17.8 Å². The van der Waals surface area contributed by atoms with Crippen LogP contribution in [0.25, 0.3) is 0 Å². The summed E-state index contributed by atoms with van der Waals surface area (Å²) in [6.07, 6.45) is 6.81. The van der Waals surface area contributed by atoms with E-state index < -0.39 is 0 Å². The van der Waals surface area contributed by atoms with Gasteiger partial charge in [-0.25, -0.2) is 0 Å². The average Bonchev–Trinajstić information content (AvgIpc) is 2.99. The van der Waals surface area contributed by atoms with E-state index in [2.05, 4.69) is 9.80 Å². The van der Waals surface area contributed by atoms with Crippen LogP contribution in [0, 0.1) is 11.3 Å². The number of methoxy groups -OCH3 is 2. The standard InChI is InChI=1S/C23H34N2O3/c1-27-16-19-15-25(20-4-3-5-20)17-23(19)10-12-24(13-11-23)22(26)14-18-6-8-21(28-2)9-7-18/h6-9,19-20H,3-5,10-17H2,1-2H3.